The van der Waals surface area contributed by atoms with Crippen molar-refractivity contribution in [3.05, 3.63) is 30.3 Å². The second-order valence-corrected chi connectivity index (χ2v) is 11.9. The fourth-order valence-corrected chi connectivity index (χ4v) is 6.21. The minimum absolute atomic E-state index is 0.0533. The van der Waals surface area contributed by atoms with E-state index in [2.05, 4.69) is 5.32 Å². The number of para-hydroxylation sites is 1. The maximum atomic E-state index is 12.8. The Labute approximate surface area is 193 Å². The Bertz CT molecular complexity index is 848. The molecular formula is C19H21Cl3N2O5S. The molecule has 0 aliphatic carbocycles. The first-order valence-electron chi connectivity index (χ1n) is 9.17. The Kier molecular flexibility index (Phi) is 6.45. The van der Waals surface area contributed by atoms with Crippen molar-refractivity contribution in [2.24, 2.45) is 0 Å². The van der Waals surface area contributed by atoms with Crippen LogP contribution in [0.15, 0.2) is 30.3 Å². The molecule has 3 rings (SSSR count). The van der Waals surface area contributed by atoms with Crippen LogP contribution in [0.1, 0.15) is 26.7 Å². The minimum Gasteiger partial charge on any atom is -0.493 e. The Balaban J connectivity index is 1.66. The molecule has 164 valence electrons. The van der Waals surface area contributed by atoms with Crippen molar-refractivity contribution in [2.45, 2.75) is 52.2 Å². The SMILES string of the molecule is CC1(C)S[C@@H]2C(NC(=O)CCOc3ccccc3)C(=O)N2C1(CC(Cl)(Cl)Cl)C(=O)O. The molecule has 2 amide bonds. The summed E-state index contributed by atoms with van der Waals surface area (Å²) in [5, 5.41) is 12.1. The molecular weight excluding hydrogens is 475 g/mol. The number of carbonyl (C=O) groups is 3. The maximum absolute atomic E-state index is 12.8. The van der Waals surface area contributed by atoms with Gasteiger partial charge in [-0.3, -0.25) is 9.59 Å². The zero-order valence-electron chi connectivity index (χ0n) is 16.2. The first-order chi connectivity index (χ1) is 13.9. The third kappa shape index (κ3) is 4.20. The monoisotopic (exact) mass is 494 g/mol. The van der Waals surface area contributed by atoms with Gasteiger partial charge < -0.3 is 20.1 Å². The molecule has 2 heterocycles. The predicted molar refractivity (Wildman–Crippen MR) is 116 cm³/mol. The van der Waals surface area contributed by atoms with Gasteiger partial charge in [0, 0.05) is 11.2 Å². The Morgan fingerprint density at radius 1 is 1.27 bits per heavy atom. The van der Waals surface area contributed by atoms with E-state index in [0.717, 1.165) is 0 Å². The number of nitrogens with zero attached hydrogens (tertiary/aromatic N) is 1. The highest BCUT2D eigenvalue weighted by Gasteiger charge is 2.73. The van der Waals surface area contributed by atoms with Crippen LogP contribution in [-0.4, -0.2) is 59.9 Å². The lowest BCUT2D eigenvalue weighted by Crippen LogP contribution is -2.76. The van der Waals surface area contributed by atoms with E-state index in [1.807, 2.05) is 18.2 Å². The van der Waals surface area contributed by atoms with Crippen molar-refractivity contribution in [1.82, 2.24) is 10.2 Å². The van der Waals surface area contributed by atoms with Gasteiger partial charge >= 0.3 is 5.97 Å². The molecule has 1 aromatic rings. The molecule has 0 aromatic heterocycles. The highest BCUT2D eigenvalue weighted by molar-refractivity contribution is 8.01. The van der Waals surface area contributed by atoms with Gasteiger partial charge in [-0.1, -0.05) is 53.0 Å². The van der Waals surface area contributed by atoms with Crippen LogP contribution in [0.3, 0.4) is 0 Å². The number of rotatable bonds is 7. The number of carboxylic acids is 1. The molecule has 0 bridgehead atoms. The maximum Gasteiger partial charge on any atom is 0.331 e. The van der Waals surface area contributed by atoms with Crippen molar-refractivity contribution in [1.29, 1.82) is 0 Å². The van der Waals surface area contributed by atoms with Gasteiger partial charge in [0.05, 0.1) is 13.0 Å². The van der Waals surface area contributed by atoms with Gasteiger partial charge in [0.15, 0.2) is 9.33 Å². The quantitative estimate of drug-likeness (QED) is 0.445. The molecule has 2 N–H and O–H groups in total. The normalized spacial score (nSPS) is 27.2. The van der Waals surface area contributed by atoms with Crippen LogP contribution in [0, 0.1) is 0 Å². The summed E-state index contributed by atoms with van der Waals surface area (Å²) in [7, 11) is 0. The zero-order chi connectivity index (χ0) is 22.3. The first kappa shape index (κ1) is 23.3. The van der Waals surface area contributed by atoms with Gasteiger partial charge in [-0.25, -0.2) is 4.79 Å². The number of hydrogen-bond donors (Lipinski definition) is 2. The standard InChI is InChI=1S/C19H21Cl3N2O5S/c1-17(2)18(16(27)28,10-19(20,21)22)24-14(26)13(15(24)30-17)23-12(25)8-9-29-11-6-4-3-5-7-11/h3-7,13,15H,8-10H2,1-2H3,(H,23,25)(H,27,28)/t13?,15-,18?/m1/s1. The highest BCUT2D eigenvalue weighted by atomic mass is 35.6. The number of ether oxygens (including phenoxy) is 1. The van der Waals surface area contributed by atoms with E-state index < -0.39 is 37.4 Å². The number of halogens is 3. The number of benzene rings is 1. The number of nitrogens with one attached hydrogen (secondary N) is 1. The number of β-lactam (4-membered cyclic amide) rings is 1. The Morgan fingerprint density at radius 2 is 1.90 bits per heavy atom. The van der Waals surface area contributed by atoms with E-state index in [4.69, 9.17) is 39.5 Å². The Hall–Kier alpha value is -1.35. The summed E-state index contributed by atoms with van der Waals surface area (Å²) in [6, 6.07) is 8.21. The molecule has 2 aliphatic heterocycles. The van der Waals surface area contributed by atoms with E-state index in [1.54, 1.807) is 26.0 Å². The van der Waals surface area contributed by atoms with Crippen molar-refractivity contribution in [3.8, 4) is 5.75 Å². The predicted octanol–water partition coefficient (Wildman–Crippen LogP) is 3.22. The molecule has 2 aliphatic rings. The van der Waals surface area contributed by atoms with Crippen molar-refractivity contribution in [3.63, 3.8) is 0 Å². The van der Waals surface area contributed by atoms with Crippen molar-refractivity contribution >= 4 is 64.3 Å². The summed E-state index contributed by atoms with van der Waals surface area (Å²) in [5.74, 6) is -1.48. The summed E-state index contributed by atoms with van der Waals surface area (Å²) >= 11 is 19.0. The number of carboxylic acid groups (broad SMARTS) is 1. The summed E-state index contributed by atoms with van der Waals surface area (Å²) < 4.78 is 2.68. The lowest BCUT2D eigenvalue weighted by molar-refractivity contribution is -0.172. The van der Waals surface area contributed by atoms with Crippen LogP contribution in [0.25, 0.3) is 0 Å². The molecule has 11 heteroatoms. The molecule has 0 radical (unpaired) electrons. The smallest absolute Gasteiger partial charge is 0.331 e. The van der Waals surface area contributed by atoms with E-state index in [1.165, 1.54) is 16.7 Å². The molecule has 2 unspecified atom stereocenters. The van der Waals surface area contributed by atoms with Gasteiger partial charge in [0.2, 0.25) is 11.8 Å². The summed E-state index contributed by atoms with van der Waals surface area (Å²) in [6.45, 7) is 3.54. The van der Waals surface area contributed by atoms with Crippen LogP contribution >= 0.6 is 46.6 Å². The molecule has 2 saturated heterocycles. The average Bonchev–Trinajstić information content (AvgIpc) is 2.84. The molecule has 7 nitrogen and oxygen atoms in total. The first-order valence-corrected chi connectivity index (χ1v) is 11.2. The number of thioether (sulfide) groups is 1. The molecule has 2 fully saturated rings. The van der Waals surface area contributed by atoms with Gasteiger partial charge in [-0.2, -0.15) is 0 Å². The molecule has 30 heavy (non-hydrogen) atoms. The number of fused-ring (bicyclic) bond motifs is 1. The van der Waals surface area contributed by atoms with Crippen LogP contribution < -0.4 is 10.1 Å². The van der Waals surface area contributed by atoms with E-state index in [0.29, 0.717) is 5.75 Å². The van der Waals surface area contributed by atoms with Crippen molar-refractivity contribution in [2.75, 3.05) is 6.61 Å². The van der Waals surface area contributed by atoms with Crippen LogP contribution in [0.5, 0.6) is 5.75 Å². The Morgan fingerprint density at radius 3 is 2.47 bits per heavy atom. The third-order valence-corrected chi connectivity index (χ3v) is 7.39. The lowest BCUT2D eigenvalue weighted by atomic mass is 9.78. The number of hydrogen-bond acceptors (Lipinski definition) is 5. The van der Waals surface area contributed by atoms with E-state index >= 15 is 0 Å². The molecule has 3 atom stereocenters. The average molecular weight is 496 g/mol. The molecule has 1 aromatic carbocycles. The van der Waals surface area contributed by atoms with Gasteiger partial charge in [-0.15, -0.1) is 11.8 Å². The van der Waals surface area contributed by atoms with Crippen LogP contribution in [0.4, 0.5) is 0 Å². The topological polar surface area (TPSA) is 95.9 Å². The van der Waals surface area contributed by atoms with Gasteiger partial charge in [0.25, 0.3) is 0 Å². The molecule has 0 spiro atoms. The van der Waals surface area contributed by atoms with Crippen LogP contribution in [0.2, 0.25) is 0 Å². The van der Waals surface area contributed by atoms with Crippen molar-refractivity contribution < 1.29 is 24.2 Å². The third-order valence-electron chi connectivity index (χ3n) is 5.33. The van der Waals surface area contributed by atoms with Crippen LogP contribution in [-0.2, 0) is 14.4 Å². The summed E-state index contributed by atoms with van der Waals surface area (Å²) in [6.07, 6.45) is -0.314. The largest absolute Gasteiger partial charge is 0.493 e. The number of alkyl halides is 3. The van der Waals surface area contributed by atoms with E-state index in [9.17, 15) is 19.5 Å². The highest BCUT2D eigenvalue weighted by Crippen LogP contribution is 2.60. The number of aliphatic carboxylic acids is 1. The van der Waals surface area contributed by atoms with Gasteiger partial charge in [-0.05, 0) is 26.0 Å². The lowest BCUT2D eigenvalue weighted by Gasteiger charge is -2.50. The summed E-state index contributed by atoms with van der Waals surface area (Å²) in [4.78, 5) is 38.6. The molecule has 0 saturated carbocycles. The fourth-order valence-electron chi connectivity index (χ4n) is 3.86. The minimum atomic E-state index is -1.87. The van der Waals surface area contributed by atoms with Gasteiger partial charge in [0.1, 0.15) is 17.2 Å². The second kappa shape index (κ2) is 8.30. The number of carbonyl (C=O) groups excluding carboxylic acids is 2. The zero-order valence-corrected chi connectivity index (χ0v) is 19.3. The van der Waals surface area contributed by atoms with E-state index in [-0.39, 0.29) is 25.4 Å². The summed E-state index contributed by atoms with van der Waals surface area (Å²) in [5.41, 5.74) is -1.71. The second-order valence-electron chi connectivity index (χ2n) is 7.64. The number of amides is 2. The fraction of sp³-hybridized carbons (Fsp3) is 0.526.